The van der Waals surface area contributed by atoms with Gasteiger partial charge >= 0.3 is 0 Å². The van der Waals surface area contributed by atoms with Gasteiger partial charge in [-0.05, 0) is 50.7 Å². The molecule has 5 nitrogen and oxygen atoms in total. The summed E-state index contributed by atoms with van der Waals surface area (Å²) in [5, 5.41) is 0. The molecule has 0 aliphatic carbocycles. The Labute approximate surface area is 115 Å². The molecule has 0 aliphatic rings. The van der Waals surface area contributed by atoms with Gasteiger partial charge in [0.1, 0.15) is 4.90 Å². The minimum absolute atomic E-state index is 0.162. The van der Waals surface area contributed by atoms with Crippen LogP contribution in [0.15, 0.2) is 17.0 Å². The van der Waals surface area contributed by atoms with Crippen LogP contribution in [0.25, 0.3) is 0 Å². The van der Waals surface area contributed by atoms with E-state index in [9.17, 15) is 8.42 Å². The van der Waals surface area contributed by atoms with Crippen LogP contribution < -0.4 is 10.5 Å². The van der Waals surface area contributed by atoms with E-state index in [0.717, 1.165) is 17.7 Å². The lowest BCUT2D eigenvalue weighted by atomic mass is 10.1. The fraction of sp³-hybridized carbons (Fsp3) is 0.538. The third-order valence-electron chi connectivity index (χ3n) is 3.24. The summed E-state index contributed by atoms with van der Waals surface area (Å²) >= 11 is 0. The molecular weight excluding hydrogens is 262 g/mol. The molecule has 0 fully saturated rings. The molecule has 0 atom stereocenters. The smallest absolute Gasteiger partial charge is 0.242 e. The number of likely N-dealkylation sites (N-methyl/N-ethyl adjacent to an activating group) is 1. The van der Waals surface area contributed by atoms with Crippen molar-refractivity contribution in [2.24, 2.45) is 0 Å². The van der Waals surface area contributed by atoms with Crippen LogP contribution in [-0.2, 0) is 10.0 Å². The van der Waals surface area contributed by atoms with Crippen LogP contribution in [0.3, 0.4) is 0 Å². The number of anilines is 1. The fourth-order valence-corrected chi connectivity index (χ4v) is 2.87. The molecule has 0 spiro atoms. The molecule has 3 N–H and O–H groups in total. The second kappa shape index (κ2) is 6.36. The molecule has 108 valence electrons. The summed E-state index contributed by atoms with van der Waals surface area (Å²) in [5.41, 5.74) is 8.00. The number of hydrogen-bond acceptors (Lipinski definition) is 4. The number of hydrogen-bond donors (Lipinski definition) is 2. The second-order valence-corrected chi connectivity index (χ2v) is 6.50. The highest BCUT2D eigenvalue weighted by atomic mass is 32.2. The van der Waals surface area contributed by atoms with E-state index in [1.54, 1.807) is 12.1 Å². The van der Waals surface area contributed by atoms with E-state index < -0.39 is 10.0 Å². The minimum atomic E-state index is -3.54. The fourth-order valence-electron chi connectivity index (χ4n) is 1.65. The quantitative estimate of drug-likeness (QED) is 0.768. The van der Waals surface area contributed by atoms with E-state index in [0.29, 0.717) is 18.8 Å². The number of nitrogen functional groups attached to an aromatic ring is 1. The third kappa shape index (κ3) is 4.19. The first-order valence-electron chi connectivity index (χ1n) is 6.33. The highest BCUT2D eigenvalue weighted by Gasteiger charge is 2.18. The van der Waals surface area contributed by atoms with Gasteiger partial charge in [-0.1, -0.05) is 6.92 Å². The summed E-state index contributed by atoms with van der Waals surface area (Å²) in [6, 6.07) is 3.32. The van der Waals surface area contributed by atoms with Gasteiger partial charge in [0.15, 0.2) is 0 Å². The van der Waals surface area contributed by atoms with Crippen molar-refractivity contribution >= 4 is 15.7 Å². The molecule has 1 aromatic carbocycles. The van der Waals surface area contributed by atoms with Crippen LogP contribution in [0.2, 0.25) is 0 Å². The van der Waals surface area contributed by atoms with Crippen LogP contribution in [0, 0.1) is 13.8 Å². The summed E-state index contributed by atoms with van der Waals surface area (Å²) in [5.74, 6) is 0. The zero-order valence-electron chi connectivity index (χ0n) is 12.0. The molecule has 0 radical (unpaired) electrons. The monoisotopic (exact) mass is 285 g/mol. The van der Waals surface area contributed by atoms with Crippen molar-refractivity contribution in [2.45, 2.75) is 25.7 Å². The summed E-state index contributed by atoms with van der Waals surface area (Å²) in [6.07, 6.45) is 0. The number of aryl methyl sites for hydroxylation is 2. The minimum Gasteiger partial charge on any atom is -0.398 e. The topological polar surface area (TPSA) is 75.4 Å². The first-order valence-corrected chi connectivity index (χ1v) is 7.81. The zero-order chi connectivity index (χ0) is 14.6. The Morgan fingerprint density at radius 1 is 1.26 bits per heavy atom. The van der Waals surface area contributed by atoms with E-state index in [1.807, 2.05) is 32.7 Å². The van der Waals surface area contributed by atoms with Crippen molar-refractivity contribution in [1.82, 2.24) is 9.62 Å². The number of rotatable bonds is 6. The maximum absolute atomic E-state index is 12.2. The van der Waals surface area contributed by atoms with Gasteiger partial charge in [0, 0.05) is 13.1 Å². The van der Waals surface area contributed by atoms with Crippen molar-refractivity contribution < 1.29 is 8.42 Å². The van der Waals surface area contributed by atoms with Crippen LogP contribution in [-0.4, -0.2) is 40.0 Å². The molecule has 6 heteroatoms. The van der Waals surface area contributed by atoms with Gasteiger partial charge in [0.25, 0.3) is 0 Å². The highest BCUT2D eigenvalue weighted by Crippen LogP contribution is 2.22. The summed E-state index contributed by atoms with van der Waals surface area (Å²) in [6.45, 7) is 7.73. The molecule has 1 rings (SSSR count). The molecule has 0 saturated heterocycles. The second-order valence-electron chi connectivity index (χ2n) is 4.77. The Balaban J connectivity index is 2.86. The number of nitrogens with two attached hydrogens (primary N) is 1. The molecule has 0 unspecified atom stereocenters. The van der Waals surface area contributed by atoms with Gasteiger partial charge in [0.05, 0.1) is 5.69 Å². The Hall–Kier alpha value is -1.11. The number of benzene rings is 1. The molecule has 0 bridgehead atoms. The molecule has 0 aromatic heterocycles. The first-order chi connectivity index (χ1) is 8.77. The lowest BCUT2D eigenvalue weighted by Crippen LogP contribution is -2.33. The van der Waals surface area contributed by atoms with Crippen molar-refractivity contribution in [3.63, 3.8) is 0 Å². The Morgan fingerprint density at radius 3 is 2.42 bits per heavy atom. The molecule has 0 saturated carbocycles. The number of nitrogens with one attached hydrogen (secondary N) is 1. The molecule has 0 amide bonds. The Bertz CT molecular complexity index is 541. The largest absolute Gasteiger partial charge is 0.398 e. The van der Waals surface area contributed by atoms with Crippen LogP contribution in [0.5, 0.6) is 0 Å². The van der Waals surface area contributed by atoms with E-state index in [-0.39, 0.29) is 4.90 Å². The summed E-state index contributed by atoms with van der Waals surface area (Å²) in [7, 11) is -1.59. The van der Waals surface area contributed by atoms with E-state index in [4.69, 9.17) is 5.73 Å². The van der Waals surface area contributed by atoms with Crippen molar-refractivity contribution in [2.75, 3.05) is 32.4 Å². The van der Waals surface area contributed by atoms with Crippen molar-refractivity contribution in [3.05, 3.63) is 23.3 Å². The standard InChI is InChI=1S/C13H23N3O2S/c1-5-16(4)7-6-15-19(17,18)13-9-11(3)10(2)8-12(13)14/h8-9,15H,5-7,14H2,1-4H3. The zero-order valence-corrected chi connectivity index (χ0v) is 12.8. The lowest BCUT2D eigenvalue weighted by Gasteiger charge is -2.15. The SMILES string of the molecule is CCN(C)CCNS(=O)(=O)c1cc(C)c(C)cc1N. The predicted molar refractivity (Wildman–Crippen MR) is 78.7 cm³/mol. The van der Waals surface area contributed by atoms with Gasteiger partial charge in [-0.25, -0.2) is 13.1 Å². The average molecular weight is 285 g/mol. The van der Waals surface area contributed by atoms with Gasteiger partial charge in [-0.3, -0.25) is 0 Å². The lowest BCUT2D eigenvalue weighted by molar-refractivity contribution is 0.358. The van der Waals surface area contributed by atoms with E-state index in [2.05, 4.69) is 4.72 Å². The third-order valence-corrected chi connectivity index (χ3v) is 4.76. The Kier molecular flexibility index (Phi) is 5.34. The summed E-state index contributed by atoms with van der Waals surface area (Å²) < 4.78 is 26.9. The van der Waals surface area contributed by atoms with Crippen molar-refractivity contribution in [3.8, 4) is 0 Å². The molecule has 0 aliphatic heterocycles. The maximum Gasteiger partial charge on any atom is 0.242 e. The first kappa shape index (κ1) is 15.9. The van der Waals surface area contributed by atoms with Gasteiger partial charge in [-0.2, -0.15) is 0 Å². The van der Waals surface area contributed by atoms with Crippen LogP contribution >= 0.6 is 0 Å². The predicted octanol–water partition coefficient (Wildman–Crippen LogP) is 1.12. The summed E-state index contributed by atoms with van der Waals surface area (Å²) in [4.78, 5) is 2.20. The number of nitrogens with zero attached hydrogens (tertiary/aromatic N) is 1. The molecular formula is C13H23N3O2S. The highest BCUT2D eigenvalue weighted by molar-refractivity contribution is 7.89. The van der Waals surface area contributed by atoms with Gasteiger partial charge < -0.3 is 10.6 Å². The van der Waals surface area contributed by atoms with Crippen LogP contribution in [0.4, 0.5) is 5.69 Å². The molecule has 1 aromatic rings. The normalized spacial score (nSPS) is 12.1. The average Bonchev–Trinajstić information content (AvgIpc) is 2.33. The van der Waals surface area contributed by atoms with Gasteiger partial charge in [0.2, 0.25) is 10.0 Å². The Morgan fingerprint density at radius 2 is 1.84 bits per heavy atom. The van der Waals surface area contributed by atoms with E-state index >= 15 is 0 Å². The molecule has 0 heterocycles. The number of sulfonamides is 1. The van der Waals surface area contributed by atoms with E-state index in [1.165, 1.54) is 0 Å². The van der Waals surface area contributed by atoms with Gasteiger partial charge in [-0.15, -0.1) is 0 Å². The molecule has 19 heavy (non-hydrogen) atoms. The van der Waals surface area contributed by atoms with Crippen LogP contribution in [0.1, 0.15) is 18.1 Å². The maximum atomic E-state index is 12.2. The van der Waals surface area contributed by atoms with Crippen molar-refractivity contribution in [1.29, 1.82) is 0 Å².